The van der Waals surface area contributed by atoms with E-state index in [-0.39, 0.29) is 55.4 Å². The van der Waals surface area contributed by atoms with E-state index >= 15 is 4.39 Å². The van der Waals surface area contributed by atoms with Gasteiger partial charge in [0.15, 0.2) is 0 Å². The normalized spacial score (nSPS) is 27.4. The van der Waals surface area contributed by atoms with Crippen LogP contribution in [0.5, 0.6) is 6.01 Å². The number of aryl methyl sites for hydroxylation is 1. The summed E-state index contributed by atoms with van der Waals surface area (Å²) in [5.41, 5.74) is -1.97. The summed E-state index contributed by atoms with van der Waals surface area (Å²) in [5.74, 6) is 0.511. The Labute approximate surface area is 312 Å². The Morgan fingerprint density at radius 3 is 2.54 bits per heavy atom. The lowest BCUT2D eigenvalue weighted by atomic mass is 9.82. The van der Waals surface area contributed by atoms with E-state index in [1.165, 1.54) is 6.08 Å². The number of hydrogen-bond acceptors (Lipinski definition) is 8. The second kappa shape index (κ2) is 12.9. The van der Waals surface area contributed by atoms with Crippen molar-refractivity contribution in [3.63, 3.8) is 0 Å². The molecule has 290 valence electrons. The smallest absolute Gasteiger partial charge is 0.416 e. The van der Waals surface area contributed by atoms with Gasteiger partial charge in [0.25, 0.3) is 0 Å². The number of rotatable bonds is 7. The maximum Gasteiger partial charge on any atom is 0.416 e. The zero-order chi connectivity index (χ0) is 38.4. The molecule has 0 radical (unpaired) electrons. The number of halogens is 5. The Hall–Kier alpha value is -3.68. The Morgan fingerprint density at radius 1 is 1.09 bits per heavy atom. The van der Waals surface area contributed by atoms with Crippen LogP contribution < -0.4 is 9.64 Å². The first-order valence-electron chi connectivity index (χ1n) is 19.3. The SMILES string of the molecule is C=Cc1c(C)cc(C(F)(F)F)c(C2(F)CC2)c1-c1nccc2c1C1(CC1)c1nc(OC[C@@]34CCCN3C[C@H](F)C4)nc(N3CCOC[C@@](C)(O)C3)c1-2.CC. The number of pyridine rings is 1. The first kappa shape index (κ1) is 37.3. The maximum absolute atomic E-state index is 16.4. The molecule has 3 saturated heterocycles. The largest absolute Gasteiger partial charge is 0.461 e. The van der Waals surface area contributed by atoms with Crippen molar-refractivity contribution in [1.82, 2.24) is 19.9 Å². The van der Waals surface area contributed by atoms with Crippen molar-refractivity contribution >= 4 is 11.9 Å². The van der Waals surface area contributed by atoms with Gasteiger partial charge in [0.05, 0.1) is 42.2 Å². The molecule has 3 aliphatic carbocycles. The molecule has 2 aromatic heterocycles. The number of nitrogens with zero attached hydrogens (tertiary/aromatic N) is 5. The Kier molecular flexibility index (Phi) is 8.93. The number of hydrogen-bond donors (Lipinski definition) is 1. The summed E-state index contributed by atoms with van der Waals surface area (Å²) in [6, 6.07) is 2.98. The van der Waals surface area contributed by atoms with Crippen LogP contribution in [-0.4, -0.2) is 88.3 Å². The van der Waals surface area contributed by atoms with E-state index in [1.807, 2.05) is 24.8 Å². The standard InChI is InChI=1S/C39H42F5N5O3.C2H6/c1-4-24-22(2)16-26(39(42,43)44)30(38(41)10-11-38)27(24)31-29-25(6-12-45-31)28-32(37(29)8-9-37)46-34(47-33(28)48-14-15-51-20-35(3,50)19-48)52-21-36-7-5-13-49(36)18-23(40)17-36;1-2/h4,6,12,16,23,50H,1,5,7-11,13-15,17-21H2,2-3H3;1-2H3/t23-,35+,36+;/m1./s1. The highest BCUT2D eigenvalue weighted by atomic mass is 19.4. The van der Waals surface area contributed by atoms with Crippen LogP contribution >= 0.6 is 0 Å². The van der Waals surface area contributed by atoms with Gasteiger partial charge in [-0.25, -0.2) is 8.78 Å². The van der Waals surface area contributed by atoms with Gasteiger partial charge in [-0.3, -0.25) is 9.88 Å². The van der Waals surface area contributed by atoms with Gasteiger partial charge in [0.1, 0.15) is 29.9 Å². The number of aliphatic hydroxyl groups is 1. The van der Waals surface area contributed by atoms with E-state index < -0.39 is 40.1 Å². The first-order chi connectivity index (χ1) is 25.7. The second-order valence-corrected chi connectivity index (χ2v) is 16.1. The molecule has 1 spiro atoms. The molecule has 1 N–H and O–H groups in total. The molecule has 13 heteroatoms. The van der Waals surface area contributed by atoms with Crippen LogP contribution in [0, 0.1) is 6.92 Å². The van der Waals surface area contributed by atoms with Gasteiger partial charge in [-0.15, -0.1) is 0 Å². The summed E-state index contributed by atoms with van der Waals surface area (Å²) < 4.78 is 87.5. The molecule has 3 atom stereocenters. The van der Waals surface area contributed by atoms with E-state index in [1.54, 1.807) is 20.0 Å². The molecule has 0 bridgehead atoms. The highest BCUT2D eigenvalue weighted by molar-refractivity contribution is 5.95. The van der Waals surface area contributed by atoms with Gasteiger partial charge in [-0.2, -0.15) is 23.1 Å². The van der Waals surface area contributed by atoms with Gasteiger partial charge in [0, 0.05) is 47.8 Å². The molecule has 5 fully saturated rings. The summed E-state index contributed by atoms with van der Waals surface area (Å²) in [6.45, 7) is 13.7. The Bertz CT molecular complexity index is 1990. The van der Waals surface area contributed by atoms with Crippen molar-refractivity contribution in [2.75, 3.05) is 50.9 Å². The van der Waals surface area contributed by atoms with E-state index in [4.69, 9.17) is 24.4 Å². The van der Waals surface area contributed by atoms with Crippen molar-refractivity contribution in [1.29, 1.82) is 0 Å². The molecule has 5 heterocycles. The van der Waals surface area contributed by atoms with Crippen LogP contribution in [0.4, 0.5) is 27.8 Å². The van der Waals surface area contributed by atoms with Gasteiger partial charge < -0.3 is 19.5 Å². The average molecular weight is 754 g/mol. The molecule has 8 nitrogen and oxygen atoms in total. The lowest BCUT2D eigenvalue weighted by Gasteiger charge is -2.32. The molecule has 0 amide bonds. The number of ether oxygens (including phenoxy) is 2. The zero-order valence-corrected chi connectivity index (χ0v) is 31.4. The summed E-state index contributed by atoms with van der Waals surface area (Å²) in [5, 5.41) is 11.2. The fraction of sp³-hybridized carbons (Fsp3) is 0.585. The summed E-state index contributed by atoms with van der Waals surface area (Å²) >= 11 is 0. The lowest BCUT2D eigenvalue weighted by molar-refractivity contribution is -0.139. The van der Waals surface area contributed by atoms with Crippen LogP contribution in [0.15, 0.2) is 24.9 Å². The number of aromatic nitrogens is 3. The topological polar surface area (TPSA) is 83.8 Å². The van der Waals surface area contributed by atoms with Gasteiger partial charge in [0.2, 0.25) is 0 Å². The van der Waals surface area contributed by atoms with E-state index in [0.717, 1.165) is 25.5 Å². The quantitative estimate of drug-likeness (QED) is 0.243. The van der Waals surface area contributed by atoms with Crippen molar-refractivity contribution in [3.8, 4) is 28.4 Å². The van der Waals surface area contributed by atoms with E-state index in [0.29, 0.717) is 78.3 Å². The molecular formula is C41H48F5N5O3. The molecule has 0 unspecified atom stereocenters. The van der Waals surface area contributed by atoms with Crippen molar-refractivity contribution < 1.29 is 36.5 Å². The fourth-order valence-electron chi connectivity index (χ4n) is 9.61. The van der Waals surface area contributed by atoms with Crippen molar-refractivity contribution in [3.05, 3.63) is 58.4 Å². The lowest BCUT2D eigenvalue weighted by Crippen LogP contribution is -2.44. The number of alkyl halides is 5. The second-order valence-electron chi connectivity index (χ2n) is 16.1. The summed E-state index contributed by atoms with van der Waals surface area (Å²) in [6.07, 6.45) is 0.716. The first-order valence-corrected chi connectivity index (χ1v) is 19.3. The maximum atomic E-state index is 16.4. The third kappa shape index (κ3) is 5.91. The zero-order valence-electron chi connectivity index (χ0n) is 31.4. The van der Waals surface area contributed by atoms with Gasteiger partial charge >= 0.3 is 12.2 Å². The number of fused-ring (bicyclic) bond motifs is 6. The minimum Gasteiger partial charge on any atom is -0.461 e. The molecule has 1 aromatic carbocycles. The number of anilines is 1. The molecule has 3 aromatic rings. The molecule has 6 aliphatic rings. The molecule has 2 saturated carbocycles. The number of benzene rings is 1. The molecular weight excluding hydrogens is 705 g/mol. The van der Waals surface area contributed by atoms with Crippen LogP contribution in [0.3, 0.4) is 0 Å². The van der Waals surface area contributed by atoms with Gasteiger partial charge in [-0.1, -0.05) is 26.5 Å². The van der Waals surface area contributed by atoms with Gasteiger partial charge in [-0.05, 0) is 93.3 Å². The molecule has 9 rings (SSSR count). The van der Waals surface area contributed by atoms with E-state index in [9.17, 15) is 22.7 Å². The van der Waals surface area contributed by atoms with Crippen LogP contribution in [0.2, 0.25) is 0 Å². The number of β-amino-alcohol motifs (C(OH)–C–C–N with tert-alkyl or cyclic N) is 1. The van der Waals surface area contributed by atoms with Crippen LogP contribution in [0.25, 0.3) is 28.5 Å². The Morgan fingerprint density at radius 2 is 1.85 bits per heavy atom. The van der Waals surface area contributed by atoms with Crippen LogP contribution in [-0.2, 0) is 22.0 Å². The predicted molar refractivity (Wildman–Crippen MR) is 196 cm³/mol. The van der Waals surface area contributed by atoms with Crippen LogP contribution in [0.1, 0.15) is 99.2 Å². The third-order valence-corrected chi connectivity index (χ3v) is 12.2. The minimum atomic E-state index is -4.79. The third-order valence-electron chi connectivity index (χ3n) is 12.2. The average Bonchev–Trinajstić information content (AvgIpc) is 4.01. The van der Waals surface area contributed by atoms with E-state index in [2.05, 4.69) is 11.5 Å². The fourth-order valence-corrected chi connectivity index (χ4v) is 9.61. The molecule has 54 heavy (non-hydrogen) atoms. The highest BCUT2D eigenvalue weighted by Gasteiger charge is 2.59. The minimum absolute atomic E-state index is 0.0154. The summed E-state index contributed by atoms with van der Waals surface area (Å²) in [4.78, 5) is 18.9. The molecule has 3 aliphatic heterocycles. The predicted octanol–water partition coefficient (Wildman–Crippen LogP) is 8.10. The van der Waals surface area contributed by atoms with Crippen molar-refractivity contribution in [2.24, 2.45) is 0 Å². The Balaban J connectivity index is 0.00000203. The summed E-state index contributed by atoms with van der Waals surface area (Å²) in [7, 11) is 0. The monoisotopic (exact) mass is 753 g/mol. The van der Waals surface area contributed by atoms with Crippen molar-refractivity contribution in [2.45, 2.75) is 107 Å². The highest BCUT2D eigenvalue weighted by Crippen LogP contribution is 2.67.